The van der Waals surface area contributed by atoms with Crippen LogP contribution in [0.15, 0.2) is 42.7 Å². The second-order valence-corrected chi connectivity index (χ2v) is 5.76. The number of aromatic nitrogens is 2. The molecular formula is C16H18ClN3. The van der Waals surface area contributed by atoms with E-state index in [0.717, 1.165) is 25.0 Å². The molecular weight excluding hydrogens is 270 g/mol. The largest absolute Gasteiger partial charge is 0.341 e. The van der Waals surface area contributed by atoms with Gasteiger partial charge >= 0.3 is 0 Å². The molecule has 1 saturated heterocycles. The SMILES string of the molecule is Clc1cnc(N2CCC(Cc3ccccc3)CC2)nc1. The van der Waals surface area contributed by atoms with Crippen molar-refractivity contribution in [2.24, 2.45) is 5.92 Å². The fraction of sp³-hybridized carbons (Fsp3) is 0.375. The standard InChI is InChI=1S/C16H18ClN3/c17-15-11-18-16(19-12-15)20-8-6-14(7-9-20)10-13-4-2-1-3-5-13/h1-5,11-12,14H,6-10H2. The van der Waals surface area contributed by atoms with E-state index < -0.39 is 0 Å². The van der Waals surface area contributed by atoms with Crippen LogP contribution in [0.5, 0.6) is 0 Å². The molecule has 0 amide bonds. The summed E-state index contributed by atoms with van der Waals surface area (Å²) in [6.07, 6.45) is 6.90. The Labute approximate surface area is 124 Å². The second-order valence-electron chi connectivity index (χ2n) is 5.32. The first-order valence-electron chi connectivity index (χ1n) is 7.07. The molecule has 2 aromatic rings. The number of piperidine rings is 1. The fourth-order valence-corrected chi connectivity index (χ4v) is 2.85. The summed E-state index contributed by atoms with van der Waals surface area (Å²) in [5.41, 5.74) is 1.44. The lowest BCUT2D eigenvalue weighted by molar-refractivity contribution is 0.400. The van der Waals surface area contributed by atoms with Gasteiger partial charge in [0.25, 0.3) is 0 Å². The predicted octanol–water partition coefficient (Wildman–Crippen LogP) is 3.59. The van der Waals surface area contributed by atoms with Gasteiger partial charge in [0.2, 0.25) is 5.95 Å². The lowest BCUT2D eigenvalue weighted by Gasteiger charge is -2.32. The third-order valence-corrected chi connectivity index (χ3v) is 4.07. The van der Waals surface area contributed by atoms with Crippen LogP contribution in [-0.2, 0) is 6.42 Å². The molecule has 1 aromatic carbocycles. The highest BCUT2D eigenvalue weighted by Crippen LogP contribution is 2.24. The molecule has 1 fully saturated rings. The van der Waals surface area contributed by atoms with Crippen LogP contribution in [0.4, 0.5) is 5.95 Å². The zero-order valence-electron chi connectivity index (χ0n) is 11.4. The highest BCUT2D eigenvalue weighted by Gasteiger charge is 2.20. The maximum Gasteiger partial charge on any atom is 0.225 e. The van der Waals surface area contributed by atoms with Crippen LogP contribution in [0, 0.1) is 5.92 Å². The average Bonchev–Trinajstić information content (AvgIpc) is 2.50. The van der Waals surface area contributed by atoms with Crippen molar-refractivity contribution in [2.45, 2.75) is 19.3 Å². The van der Waals surface area contributed by atoms with Crippen LogP contribution in [0.3, 0.4) is 0 Å². The van der Waals surface area contributed by atoms with Gasteiger partial charge in [-0.25, -0.2) is 9.97 Å². The van der Waals surface area contributed by atoms with Crippen molar-refractivity contribution in [1.82, 2.24) is 9.97 Å². The molecule has 0 radical (unpaired) electrons. The van der Waals surface area contributed by atoms with Gasteiger partial charge in [0.05, 0.1) is 17.4 Å². The van der Waals surface area contributed by atoms with Crippen molar-refractivity contribution in [3.63, 3.8) is 0 Å². The molecule has 3 rings (SSSR count). The van der Waals surface area contributed by atoms with Crippen LogP contribution in [-0.4, -0.2) is 23.1 Å². The van der Waals surface area contributed by atoms with Crippen LogP contribution in [0.2, 0.25) is 5.02 Å². The van der Waals surface area contributed by atoms with E-state index >= 15 is 0 Å². The lowest BCUT2D eigenvalue weighted by atomic mass is 9.90. The molecule has 0 bridgehead atoms. The number of nitrogens with zero attached hydrogens (tertiary/aromatic N) is 3. The van der Waals surface area contributed by atoms with Gasteiger partial charge < -0.3 is 4.90 Å². The highest BCUT2D eigenvalue weighted by atomic mass is 35.5. The summed E-state index contributed by atoms with van der Waals surface area (Å²) in [5.74, 6) is 1.56. The molecule has 0 spiro atoms. The maximum absolute atomic E-state index is 5.82. The molecule has 0 saturated carbocycles. The maximum atomic E-state index is 5.82. The quantitative estimate of drug-likeness (QED) is 0.864. The molecule has 20 heavy (non-hydrogen) atoms. The Kier molecular flexibility index (Phi) is 4.16. The summed E-state index contributed by atoms with van der Waals surface area (Å²) < 4.78 is 0. The Morgan fingerprint density at radius 3 is 2.35 bits per heavy atom. The normalized spacial score (nSPS) is 16.4. The molecule has 1 aromatic heterocycles. The lowest BCUT2D eigenvalue weighted by Crippen LogP contribution is -2.35. The van der Waals surface area contributed by atoms with Crippen molar-refractivity contribution in [3.8, 4) is 0 Å². The van der Waals surface area contributed by atoms with Crippen molar-refractivity contribution in [2.75, 3.05) is 18.0 Å². The predicted molar refractivity (Wildman–Crippen MR) is 82.1 cm³/mol. The molecule has 0 atom stereocenters. The smallest absolute Gasteiger partial charge is 0.225 e. The molecule has 0 unspecified atom stereocenters. The summed E-state index contributed by atoms with van der Waals surface area (Å²) in [6, 6.07) is 10.7. The van der Waals surface area contributed by atoms with E-state index in [1.807, 2.05) is 0 Å². The van der Waals surface area contributed by atoms with E-state index in [2.05, 4.69) is 45.2 Å². The minimum absolute atomic E-state index is 0.590. The molecule has 2 heterocycles. The molecule has 3 nitrogen and oxygen atoms in total. The Hall–Kier alpha value is -1.61. The number of halogens is 1. The zero-order chi connectivity index (χ0) is 13.8. The first-order chi connectivity index (χ1) is 9.81. The molecule has 0 N–H and O–H groups in total. The summed E-state index contributed by atoms with van der Waals surface area (Å²) in [7, 11) is 0. The van der Waals surface area contributed by atoms with Gasteiger partial charge in [0.1, 0.15) is 0 Å². The van der Waals surface area contributed by atoms with Crippen LogP contribution >= 0.6 is 11.6 Å². The van der Waals surface area contributed by atoms with E-state index in [4.69, 9.17) is 11.6 Å². The number of rotatable bonds is 3. The van der Waals surface area contributed by atoms with E-state index in [-0.39, 0.29) is 0 Å². The van der Waals surface area contributed by atoms with Crippen LogP contribution in [0.25, 0.3) is 0 Å². The van der Waals surface area contributed by atoms with Crippen molar-refractivity contribution in [3.05, 3.63) is 53.3 Å². The van der Waals surface area contributed by atoms with Crippen molar-refractivity contribution >= 4 is 17.5 Å². The van der Waals surface area contributed by atoms with Crippen molar-refractivity contribution in [1.29, 1.82) is 0 Å². The van der Waals surface area contributed by atoms with E-state index in [1.54, 1.807) is 12.4 Å². The Morgan fingerprint density at radius 1 is 1.05 bits per heavy atom. The van der Waals surface area contributed by atoms with Gasteiger partial charge in [-0.3, -0.25) is 0 Å². The summed E-state index contributed by atoms with van der Waals surface area (Å²) >= 11 is 5.82. The molecule has 104 valence electrons. The minimum atomic E-state index is 0.590. The van der Waals surface area contributed by atoms with E-state index in [1.165, 1.54) is 24.8 Å². The van der Waals surface area contributed by atoms with E-state index in [9.17, 15) is 0 Å². The van der Waals surface area contributed by atoms with Crippen LogP contribution in [0.1, 0.15) is 18.4 Å². The van der Waals surface area contributed by atoms with Crippen molar-refractivity contribution < 1.29 is 0 Å². The summed E-state index contributed by atoms with van der Waals surface area (Å²) in [4.78, 5) is 10.8. The van der Waals surface area contributed by atoms with Gasteiger partial charge in [-0.1, -0.05) is 41.9 Å². The Balaban J connectivity index is 1.55. The number of benzene rings is 1. The number of hydrogen-bond donors (Lipinski definition) is 0. The highest BCUT2D eigenvalue weighted by molar-refractivity contribution is 6.30. The Morgan fingerprint density at radius 2 is 1.70 bits per heavy atom. The fourth-order valence-electron chi connectivity index (χ4n) is 2.75. The van der Waals surface area contributed by atoms with Gasteiger partial charge in [0, 0.05) is 13.1 Å². The van der Waals surface area contributed by atoms with Gasteiger partial charge in [-0.15, -0.1) is 0 Å². The molecule has 1 aliphatic rings. The first-order valence-corrected chi connectivity index (χ1v) is 7.45. The number of hydrogen-bond acceptors (Lipinski definition) is 3. The molecule has 1 aliphatic heterocycles. The Bertz CT molecular complexity index is 533. The summed E-state index contributed by atoms with van der Waals surface area (Å²) in [6.45, 7) is 2.05. The number of anilines is 1. The van der Waals surface area contributed by atoms with E-state index in [0.29, 0.717) is 5.02 Å². The monoisotopic (exact) mass is 287 g/mol. The topological polar surface area (TPSA) is 29.0 Å². The van der Waals surface area contributed by atoms with Gasteiger partial charge in [-0.2, -0.15) is 0 Å². The molecule has 0 aliphatic carbocycles. The zero-order valence-corrected chi connectivity index (χ0v) is 12.1. The third kappa shape index (κ3) is 3.28. The average molecular weight is 288 g/mol. The third-order valence-electron chi connectivity index (χ3n) is 3.87. The van der Waals surface area contributed by atoms with Crippen LogP contribution < -0.4 is 4.90 Å². The van der Waals surface area contributed by atoms with Gasteiger partial charge in [0.15, 0.2) is 0 Å². The molecule has 4 heteroatoms. The second kappa shape index (κ2) is 6.23. The minimum Gasteiger partial charge on any atom is -0.341 e. The summed E-state index contributed by atoms with van der Waals surface area (Å²) in [5, 5.41) is 0.590. The van der Waals surface area contributed by atoms with Gasteiger partial charge in [-0.05, 0) is 30.7 Å². The first kappa shape index (κ1) is 13.4.